The summed E-state index contributed by atoms with van der Waals surface area (Å²) in [5.41, 5.74) is 5.75. The third kappa shape index (κ3) is 2.74. The molecule has 1 aromatic heterocycles. The zero-order valence-electron chi connectivity index (χ0n) is 12.1. The van der Waals surface area contributed by atoms with Gasteiger partial charge in [0.1, 0.15) is 31.4 Å². The number of hydrogen-bond donors (Lipinski definition) is 1. The third-order valence-electron chi connectivity index (χ3n) is 3.45. The molecule has 0 saturated carbocycles. The molecule has 0 bridgehead atoms. The average molecular weight is 311 g/mol. The highest BCUT2D eigenvalue weighted by Crippen LogP contribution is 2.34. The summed E-state index contributed by atoms with van der Waals surface area (Å²) in [5, 5.41) is 8.98. The summed E-state index contributed by atoms with van der Waals surface area (Å²) in [6.07, 6.45) is 0. The van der Waals surface area contributed by atoms with Crippen LogP contribution in [0.15, 0.2) is 35.1 Å². The van der Waals surface area contributed by atoms with Crippen molar-refractivity contribution in [3.63, 3.8) is 0 Å². The van der Waals surface area contributed by atoms with Gasteiger partial charge in [0.2, 0.25) is 5.91 Å². The fraction of sp³-hybridized carbons (Fsp3) is 0.188. The summed E-state index contributed by atoms with van der Waals surface area (Å²) in [5.74, 6) is 0.523. The molecule has 3 rings (SSSR count). The quantitative estimate of drug-likeness (QED) is 0.895. The maximum absolute atomic E-state index is 12.3. The van der Waals surface area contributed by atoms with E-state index < -0.39 is 11.5 Å². The van der Waals surface area contributed by atoms with Gasteiger partial charge >= 0.3 is 0 Å². The van der Waals surface area contributed by atoms with Crippen molar-refractivity contribution in [2.24, 2.45) is 5.73 Å². The van der Waals surface area contributed by atoms with Crippen molar-refractivity contribution in [1.29, 1.82) is 5.26 Å². The molecule has 1 aromatic carbocycles. The minimum absolute atomic E-state index is 0.0486. The van der Waals surface area contributed by atoms with Crippen molar-refractivity contribution in [2.45, 2.75) is 6.54 Å². The van der Waals surface area contributed by atoms with Gasteiger partial charge in [-0.3, -0.25) is 14.2 Å². The molecule has 0 spiro atoms. The van der Waals surface area contributed by atoms with Gasteiger partial charge in [-0.15, -0.1) is 0 Å². The summed E-state index contributed by atoms with van der Waals surface area (Å²) >= 11 is 0. The summed E-state index contributed by atoms with van der Waals surface area (Å²) in [6.45, 7) is 0.617. The van der Waals surface area contributed by atoms with Gasteiger partial charge < -0.3 is 15.2 Å². The molecule has 0 atom stereocenters. The van der Waals surface area contributed by atoms with Gasteiger partial charge in [-0.2, -0.15) is 5.26 Å². The lowest BCUT2D eigenvalue weighted by atomic mass is 10.1. The smallest absolute Gasteiger partial charge is 0.269 e. The van der Waals surface area contributed by atoms with Gasteiger partial charge in [0.15, 0.2) is 11.5 Å². The maximum Gasteiger partial charge on any atom is 0.269 e. The van der Waals surface area contributed by atoms with Crippen LogP contribution in [0.4, 0.5) is 0 Å². The number of fused-ring (bicyclic) bond motifs is 1. The predicted molar refractivity (Wildman–Crippen MR) is 81.0 cm³/mol. The van der Waals surface area contributed by atoms with Crippen LogP contribution in [0.25, 0.3) is 11.3 Å². The summed E-state index contributed by atoms with van der Waals surface area (Å²) in [4.78, 5) is 23.6. The number of nitrogens with zero attached hydrogens (tertiary/aromatic N) is 2. The summed E-state index contributed by atoms with van der Waals surface area (Å²) in [6, 6.07) is 10.1. The van der Waals surface area contributed by atoms with Gasteiger partial charge in [-0.25, -0.2) is 0 Å². The number of aromatic nitrogens is 1. The number of nitriles is 1. The number of primary amides is 1. The second kappa shape index (κ2) is 5.85. The molecule has 0 saturated heterocycles. The Morgan fingerprint density at radius 1 is 1.22 bits per heavy atom. The Hall–Kier alpha value is -3.27. The van der Waals surface area contributed by atoms with E-state index >= 15 is 0 Å². The van der Waals surface area contributed by atoms with Gasteiger partial charge in [0, 0.05) is 5.56 Å². The molecule has 0 unspecified atom stereocenters. The first-order valence-corrected chi connectivity index (χ1v) is 6.92. The normalized spacial score (nSPS) is 12.5. The van der Waals surface area contributed by atoms with Crippen LogP contribution < -0.4 is 20.8 Å². The Morgan fingerprint density at radius 3 is 2.65 bits per heavy atom. The van der Waals surface area contributed by atoms with Crippen molar-refractivity contribution in [2.75, 3.05) is 13.2 Å². The Bertz CT molecular complexity index is 880. The first-order valence-electron chi connectivity index (χ1n) is 6.92. The topological polar surface area (TPSA) is 107 Å². The molecule has 1 amide bonds. The average Bonchev–Trinajstić information content (AvgIpc) is 2.56. The molecule has 1 aliphatic rings. The fourth-order valence-electron chi connectivity index (χ4n) is 2.43. The molecule has 0 fully saturated rings. The molecule has 0 aliphatic carbocycles. The van der Waals surface area contributed by atoms with Gasteiger partial charge in [0.25, 0.3) is 5.56 Å². The highest BCUT2D eigenvalue weighted by atomic mass is 16.6. The third-order valence-corrected chi connectivity index (χ3v) is 3.45. The molecular weight excluding hydrogens is 298 g/mol. The van der Waals surface area contributed by atoms with Crippen LogP contribution in [-0.2, 0) is 11.3 Å². The maximum atomic E-state index is 12.3. The van der Waals surface area contributed by atoms with E-state index in [9.17, 15) is 9.59 Å². The van der Waals surface area contributed by atoms with E-state index in [0.29, 0.717) is 36.0 Å². The largest absolute Gasteiger partial charge is 0.486 e. The van der Waals surface area contributed by atoms with Crippen molar-refractivity contribution < 1.29 is 14.3 Å². The van der Waals surface area contributed by atoms with Crippen molar-refractivity contribution >= 4 is 5.91 Å². The number of nitrogens with two attached hydrogens (primary N) is 1. The second-order valence-electron chi connectivity index (χ2n) is 4.96. The first-order chi connectivity index (χ1) is 11.1. The van der Waals surface area contributed by atoms with E-state index in [4.69, 9.17) is 20.5 Å². The van der Waals surface area contributed by atoms with Gasteiger partial charge in [-0.1, -0.05) is 0 Å². The molecule has 0 radical (unpaired) electrons. The molecule has 23 heavy (non-hydrogen) atoms. The highest BCUT2D eigenvalue weighted by Gasteiger charge is 2.16. The molecule has 116 valence electrons. The lowest BCUT2D eigenvalue weighted by Crippen LogP contribution is -2.30. The molecule has 2 N–H and O–H groups in total. The van der Waals surface area contributed by atoms with Crippen LogP contribution in [0.3, 0.4) is 0 Å². The predicted octanol–water partition coefficient (Wildman–Crippen LogP) is 0.643. The number of benzene rings is 1. The standard InChI is InChI=1S/C16H13N3O4/c17-8-11-1-3-12(19(16(11)21)9-15(18)20)10-2-4-13-14(7-10)23-6-5-22-13/h1-4,7H,5-6,9H2,(H2,18,20). The second-order valence-corrected chi connectivity index (χ2v) is 4.96. The monoisotopic (exact) mass is 311 g/mol. The van der Waals surface area contributed by atoms with Crippen molar-refractivity contribution in [1.82, 2.24) is 4.57 Å². The van der Waals surface area contributed by atoms with Crippen LogP contribution in [-0.4, -0.2) is 23.7 Å². The van der Waals surface area contributed by atoms with E-state index in [0.717, 1.165) is 0 Å². The minimum Gasteiger partial charge on any atom is -0.486 e. The SMILES string of the molecule is N#Cc1ccc(-c2ccc3c(c2)OCCO3)n(CC(N)=O)c1=O. The minimum atomic E-state index is -0.666. The Labute approximate surface area is 131 Å². The summed E-state index contributed by atoms with van der Waals surface area (Å²) < 4.78 is 12.2. The van der Waals surface area contributed by atoms with Gasteiger partial charge in [-0.05, 0) is 30.3 Å². The molecule has 2 aromatic rings. The Balaban J connectivity index is 2.16. The van der Waals surface area contributed by atoms with Crippen LogP contribution in [0, 0.1) is 11.3 Å². The number of hydrogen-bond acceptors (Lipinski definition) is 5. The first kappa shape index (κ1) is 14.7. The fourth-order valence-corrected chi connectivity index (χ4v) is 2.43. The van der Waals surface area contributed by atoms with Crippen molar-refractivity contribution in [3.8, 4) is 28.8 Å². The number of carbonyl (C=O) groups excluding carboxylic acids is 1. The lowest BCUT2D eigenvalue weighted by molar-refractivity contribution is -0.118. The van der Waals surface area contributed by atoms with E-state index in [2.05, 4.69) is 0 Å². The van der Waals surface area contributed by atoms with Crippen LogP contribution in [0.1, 0.15) is 5.56 Å². The lowest BCUT2D eigenvalue weighted by Gasteiger charge is -2.19. The molecule has 7 heteroatoms. The zero-order chi connectivity index (χ0) is 16.4. The highest BCUT2D eigenvalue weighted by molar-refractivity contribution is 5.75. The van der Waals surface area contributed by atoms with E-state index in [1.54, 1.807) is 24.3 Å². The number of ether oxygens (including phenoxy) is 2. The van der Waals surface area contributed by atoms with Crippen molar-refractivity contribution in [3.05, 3.63) is 46.2 Å². The number of amides is 1. The van der Waals surface area contributed by atoms with Gasteiger partial charge in [0.05, 0.1) is 5.69 Å². The molecular formula is C16H13N3O4. The zero-order valence-corrected chi connectivity index (χ0v) is 12.1. The molecule has 1 aliphatic heterocycles. The Morgan fingerprint density at radius 2 is 1.96 bits per heavy atom. The number of pyridine rings is 1. The Kier molecular flexibility index (Phi) is 3.73. The molecule has 2 heterocycles. The van der Waals surface area contributed by atoms with Crippen LogP contribution in [0.2, 0.25) is 0 Å². The van der Waals surface area contributed by atoms with E-state index in [1.165, 1.54) is 10.6 Å². The summed E-state index contributed by atoms with van der Waals surface area (Å²) in [7, 11) is 0. The van der Waals surface area contributed by atoms with Crippen LogP contribution in [0.5, 0.6) is 11.5 Å². The van der Waals surface area contributed by atoms with E-state index in [-0.39, 0.29) is 12.1 Å². The number of rotatable bonds is 3. The van der Waals surface area contributed by atoms with Crippen LogP contribution >= 0.6 is 0 Å². The van der Waals surface area contributed by atoms with E-state index in [1.807, 2.05) is 6.07 Å². The number of carbonyl (C=O) groups is 1. The molecule has 7 nitrogen and oxygen atoms in total.